The first kappa shape index (κ1) is 21.5. The van der Waals surface area contributed by atoms with Crippen LogP contribution in [0.1, 0.15) is 64.9 Å². The Morgan fingerprint density at radius 2 is 2.10 bits per heavy atom. The van der Waals surface area contributed by atoms with Crippen molar-refractivity contribution >= 4 is 29.1 Å². The van der Waals surface area contributed by atoms with Crippen LogP contribution in [0, 0.1) is 0 Å². The van der Waals surface area contributed by atoms with Gasteiger partial charge in [-0.2, -0.15) is 0 Å². The third kappa shape index (κ3) is 4.11. The van der Waals surface area contributed by atoms with Crippen molar-refractivity contribution in [2.75, 3.05) is 13.7 Å². The number of imidazole rings is 1. The van der Waals surface area contributed by atoms with Gasteiger partial charge in [0.25, 0.3) is 5.91 Å². The molecule has 0 bridgehead atoms. The summed E-state index contributed by atoms with van der Waals surface area (Å²) in [7, 11) is 1.26. The summed E-state index contributed by atoms with van der Waals surface area (Å²) in [6, 6.07) is 4.13. The number of hydrogen-bond donors (Lipinski definition) is 1. The quantitative estimate of drug-likeness (QED) is 0.692. The number of hydrogen-bond acceptors (Lipinski definition) is 6. The number of esters is 1. The van der Waals surface area contributed by atoms with Gasteiger partial charge in [-0.25, -0.2) is 9.78 Å². The summed E-state index contributed by atoms with van der Waals surface area (Å²) in [5.41, 5.74) is -0.906. The van der Waals surface area contributed by atoms with Gasteiger partial charge < -0.3 is 19.5 Å². The molecule has 1 atom stereocenters. The molecule has 31 heavy (non-hydrogen) atoms. The molecule has 1 fully saturated rings. The molecule has 166 valence electrons. The van der Waals surface area contributed by atoms with Crippen molar-refractivity contribution in [2.45, 2.75) is 63.6 Å². The third-order valence-electron chi connectivity index (χ3n) is 6.33. The minimum atomic E-state index is -1.08. The number of aromatic nitrogens is 2. The summed E-state index contributed by atoms with van der Waals surface area (Å²) < 4.78 is 6.41. The van der Waals surface area contributed by atoms with Crippen LogP contribution in [0.5, 0.6) is 0 Å². The van der Waals surface area contributed by atoms with Crippen molar-refractivity contribution in [2.24, 2.45) is 0 Å². The molecular formula is C22H28N4O4S. The van der Waals surface area contributed by atoms with Crippen LogP contribution in [-0.4, -0.2) is 57.5 Å². The van der Waals surface area contributed by atoms with Crippen molar-refractivity contribution < 1.29 is 19.1 Å². The number of ether oxygens (including phenoxy) is 1. The number of methoxy groups -OCH3 is 1. The highest BCUT2D eigenvalue weighted by Crippen LogP contribution is 2.30. The number of thiophene rings is 1. The Hall–Kier alpha value is -2.68. The molecule has 1 aliphatic heterocycles. The van der Waals surface area contributed by atoms with Crippen LogP contribution in [0.15, 0.2) is 23.8 Å². The van der Waals surface area contributed by atoms with Gasteiger partial charge in [0.2, 0.25) is 5.91 Å². The fraction of sp³-hybridized carbons (Fsp3) is 0.545. The van der Waals surface area contributed by atoms with E-state index in [1.807, 2.05) is 17.5 Å². The van der Waals surface area contributed by atoms with Gasteiger partial charge in [-0.15, -0.1) is 11.3 Å². The summed E-state index contributed by atoms with van der Waals surface area (Å²) in [6.07, 6.45) is 7.43. The van der Waals surface area contributed by atoms with Crippen LogP contribution in [0.4, 0.5) is 0 Å². The fourth-order valence-corrected chi connectivity index (χ4v) is 5.25. The van der Waals surface area contributed by atoms with Crippen LogP contribution in [0.3, 0.4) is 0 Å². The molecule has 2 aromatic rings. The van der Waals surface area contributed by atoms with E-state index in [0.717, 1.165) is 30.6 Å². The number of amides is 2. The molecule has 1 aliphatic carbocycles. The zero-order chi connectivity index (χ0) is 22.0. The highest BCUT2D eigenvalue weighted by atomic mass is 32.1. The molecule has 0 saturated heterocycles. The Balaban J connectivity index is 1.65. The molecule has 0 radical (unpaired) electrons. The lowest BCUT2D eigenvalue weighted by molar-refractivity contribution is -0.133. The molecule has 0 aromatic carbocycles. The lowest BCUT2D eigenvalue weighted by Crippen LogP contribution is -2.65. The van der Waals surface area contributed by atoms with Gasteiger partial charge in [0.1, 0.15) is 11.2 Å². The number of carbonyl (C=O) groups is 3. The van der Waals surface area contributed by atoms with Gasteiger partial charge in [-0.05, 0) is 37.6 Å². The van der Waals surface area contributed by atoms with Crippen molar-refractivity contribution in [1.82, 2.24) is 19.8 Å². The van der Waals surface area contributed by atoms with Gasteiger partial charge >= 0.3 is 5.97 Å². The van der Waals surface area contributed by atoms with Gasteiger partial charge in [-0.3, -0.25) is 9.59 Å². The first-order valence-electron chi connectivity index (χ1n) is 10.7. The molecule has 8 nitrogen and oxygen atoms in total. The Morgan fingerprint density at radius 3 is 2.77 bits per heavy atom. The molecule has 4 rings (SSSR count). The minimum absolute atomic E-state index is 0.0108. The smallest absolute Gasteiger partial charge is 0.359 e. The van der Waals surface area contributed by atoms with E-state index in [-0.39, 0.29) is 35.8 Å². The van der Waals surface area contributed by atoms with E-state index in [9.17, 15) is 14.4 Å². The highest BCUT2D eigenvalue weighted by Gasteiger charge is 2.49. The zero-order valence-corrected chi connectivity index (χ0v) is 18.7. The van der Waals surface area contributed by atoms with Crippen molar-refractivity contribution in [3.63, 3.8) is 0 Å². The van der Waals surface area contributed by atoms with Crippen molar-refractivity contribution in [3.8, 4) is 0 Å². The Bertz CT molecular complexity index is 964. The highest BCUT2D eigenvalue weighted by molar-refractivity contribution is 7.09. The summed E-state index contributed by atoms with van der Waals surface area (Å²) in [4.78, 5) is 46.1. The number of carbonyl (C=O) groups excluding carboxylic acids is 3. The third-order valence-corrected chi connectivity index (χ3v) is 7.27. The molecular weight excluding hydrogens is 416 g/mol. The van der Waals surface area contributed by atoms with Crippen molar-refractivity contribution in [3.05, 3.63) is 40.1 Å². The molecule has 2 amide bonds. The first-order chi connectivity index (χ1) is 14.9. The maximum atomic E-state index is 13.6. The topological polar surface area (TPSA) is 93.5 Å². The van der Waals surface area contributed by atoms with Gasteiger partial charge in [0, 0.05) is 17.5 Å². The van der Waals surface area contributed by atoms with E-state index >= 15 is 0 Å². The standard InChI is InChI=1S/C22H28N4O4S/c1-22(21(29)24-15-7-4-3-5-8-15)13-25-14-23-17(20(28)30-2)18(25)19(27)26(22)11-10-16-9-6-12-31-16/h6,9,12,14-15H,3-5,7-8,10-11,13H2,1-2H3,(H,24,29)/t22-/m1/s1. The molecule has 2 aliphatic rings. The fourth-order valence-electron chi connectivity index (χ4n) is 4.55. The second kappa shape index (κ2) is 8.82. The number of nitrogens with one attached hydrogen (secondary N) is 1. The van der Waals surface area contributed by atoms with Crippen LogP contribution < -0.4 is 5.32 Å². The van der Waals surface area contributed by atoms with E-state index in [1.54, 1.807) is 27.7 Å². The van der Waals surface area contributed by atoms with E-state index in [2.05, 4.69) is 10.3 Å². The summed E-state index contributed by atoms with van der Waals surface area (Å²) in [5.74, 6) is -1.18. The monoisotopic (exact) mass is 444 g/mol. The van der Waals surface area contributed by atoms with Gasteiger partial charge in [0.15, 0.2) is 5.69 Å². The molecule has 3 heterocycles. The number of fused-ring (bicyclic) bond motifs is 1. The van der Waals surface area contributed by atoms with E-state index < -0.39 is 11.5 Å². The van der Waals surface area contributed by atoms with Crippen LogP contribution in [-0.2, 0) is 22.5 Å². The lowest BCUT2D eigenvalue weighted by Gasteiger charge is -2.44. The summed E-state index contributed by atoms with van der Waals surface area (Å²) in [6.45, 7) is 2.42. The summed E-state index contributed by atoms with van der Waals surface area (Å²) in [5, 5.41) is 5.18. The Morgan fingerprint density at radius 1 is 1.32 bits per heavy atom. The van der Waals surface area contributed by atoms with Crippen molar-refractivity contribution in [1.29, 1.82) is 0 Å². The van der Waals surface area contributed by atoms with Crippen LogP contribution >= 0.6 is 11.3 Å². The minimum Gasteiger partial charge on any atom is -0.464 e. The summed E-state index contributed by atoms with van der Waals surface area (Å²) >= 11 is 1.62. The molecule has 1 N–H and O–H groups in total. The molecule has 0 spiro atoms. The molecule has 1 saturated carbocycles. The lowest BCUT2D eigenvalue weighted by atomic mass is 9.91. The molecule has 2 aromatic heterocycles. The molecule has 0 unspecified atom stereocenters. The van der Waals surface area contributed by atoms with E-state index in [1.165, 1.54) is 19.9 Å². The SMILES string of the molecule is COC(=O)c1ncn2c1C(=O)N(CCc1cccs1)[C@@](C)(C(=O)NC1CCCCC1)C2. The number of rotatable bonds is 6. The second-order valence-corrected chi connectivity index (χ2v) is 9.46. The van der Waals surface area contributed by atoms with Gasteiger partial charge in [0.05, 0.1) is 20.0 Å². The average Bonchev–Trinajstić information content (AvgIpc) is 3.43. The van der Waals surface area contributed by atoms with Gasteiger partial charge in [-0.1, -0.05) is 25.3 Å². The normalized spacial score (nSPS) is 21.6. The largest absolute Gasteiger partial charge is 0.464 e. The predicted molar refractivity (Wildman–Crippen MR) is 116 cm³/mol. The average molecular weight is 445 g/mol. The number of nitrogens with zero attached hydrogens (tertiary/aromatic N) is 3. The maximum Gasteiger partial charge on any atom is 0.359 e. The van der Waals surface area contributed by atoms with Crippen LogP contribution in [0.25, 0.3) is 0 Å². The van der Waals surface area contributed by atoms with E-state index in [0.29, 0.717) is 13.0 Å². The van der Waals surface area contributed by atoms with Crippen LogP contribution in [0.2, 0.25) is 0 Å². The Labute approximate surface area is 185 Å². The Kier molecular flexibility index (Phi) is 6.13. The second-order valence-electron chi connectivity index (χ2n) is 8.43. The predicted octanol–water partition coefficient (Wildman–Crippen LogP) is 2.64. The maximum absolute atomic E-state index is 13.6. The zero-order valence-electron chi connectivity index (χ0n) is 17.9. The first-order valence-corrected chi connectivity index (χ1v) is 11.6. The van der Waals surface area contributed by atoms with E-state index in [4.69, 9.17) is 4.74 Å². The molecule has 9 heteroatoms.